The van der Waals surface area contributed by atoms with E-state index in [1.54, 1.807) is 0 Å². The lowest BCUT2D eigenvalue weighted by Crippen LogP contribution is -2.30. The first-order valence-electron chi connectivity index (χ1n) is 36.6. The van der Waals surface area contributed by atoms with Gasteiger partial charge in [-0.2, -0.15) is 0 Å². The van der Waals surface area contributed by atoms with Crippen molar-refractivity contribution >= 4 is 39.5 Å². The first-order chi connectivity index (χ1) is 43.0. The summed E-state index contributed by atoms with van der Waals surface area (Å²) in [4.78, 5) is 72.4. The maximum atomic E-state index is 13.0. The third-order valence-corrected chi connectivity index (χ3v) is 18.2. The highest BCUT2D eigenvalue weighted by Gasteiger charge is 2.30. The second-order valence-corrected chi connectivity index (χ2v) is 28.7. The van der Waals surface area contributed by atoms with Gasteiger partial charge in [0.15, 0.2) is 12.2 Å². The molecule has 0 aromatic carbocycles. The van der Waals surface area contributed by atoms with E-state index in [0.29, 0.717) is 25.7 Å². The number of esters is 4. The Bertz CT molecular complexity index is 1720. The fourth-order valence-electron chi connectivity index (χ4n) is 10.6. The normalized spacial score (nSPS) is 14.1. The summed E-state index contributed by atoms with van der Waals surface area (Å²) in [6.45, 7) is 7.23. The van der Waals surface area contributed by atoms with Crippen molar-refractivity contribution in [1.29, 1.82) is 0 Å². The molecule has 0 saturated carbocycles. The van der Waals surface area contributed by atoms with E-state index in [4.69, 9.17) is 37.0 Å². The van der Waals surface area contributed by atoms with Gasteiger partial charge in [0.1, 0.15) is 19.3 Å². The lowest BCUT2D eigenvalue weighted by Gasteiger charge is -2.21. The smallest absolute Gasteiger partial charge is 0.462 e. The Hall–Kier alpha value is -1.94. The molecule has 0 amide bonds. The van der Waals surface area contributed by atoms with Crippen LogP contribution in [-0.2, 0) is 65.4 Å². The largest absolute Gasteiger partial charge is 0.472 e. The number of ether oxygens (including phenoxy) is 4. The third-order valence-electron chi connectivity index (χ3n) is 16.3. The number of hydrogen-bond acceptors (Lipinski definition) is 15. The molecule has 0 bridgehead atoms. The maximum Gasteiger partial charge on any atom is 0.472 e. The van der Waals surface area contributed by atoms with Gasteiger partial charge >= 0.3 is 39.5 Å². The molecule has 3 N–H and O–H groups in total. The van der Waals surface area contributed by atoms with Gasteiger partial charge in [-0.3, -0.25) is 37.3 Å². The highest BCUT2D eigenvalue weighted by molar-refractivity contribution is 7.47. The summed E-state index contributed by atoms with van der Waals surface area (Å²) >= 11 is 0. The Labute approximate surface area is 543 Å². The minimum Gasteiger partial charge on any atom is -0.462 e. The minimum absolute atomic E-state index is 0.106. The van der Waals surface area contributed by atoms with Gasteiger partial charge in [-0.1, -0.05) is 311 Å². The monoisotopic (exact) mass is 1310 g/mol. The molecule has 17 nitrogen and oxygen atoms in total. The van der Waals surface area contributed by atoms with Crippen LogP contribution in [0.2, 0.25) is 0 Å². The van der Waals surface area contributed by atoms with Crippen LogP contribution >= 0.6 is 15.6 Å². The van der Waals surface area contributed by atoms with E-state index in [9.17, 15) is 43.2 Å². The molecule has 0 aliphatic carbocycles. The van der Waals surface area contributed by atoms with Crippen molar-refractivity contribution in [3.8, 4) is 0 Å². The topological polar surface area (TPSA) is 237 Å². The van der Waals surface area contributed by atoms with Crippen molar-refractivity contribution in [2.45, 2.75) is 380 Å². The molecule has 0 aliphatic heterocycles. The number of hydrogen-bond donors (Lipinski definition) is 3. The number of phosphoric ester groups is 2. The van der Waals surface area contributed by atoms with E-state index in [1.165, 1.54) is 180 Å². The Balaban J connectivity index is 5.19. The SMILES string of the molecule is CCCCCCCCCCCCCCCCC(=O)OC[C@H](COP(=O)(O)OC[C@@H](O)COP(=O)(O)OC[C@@H](COC(=O)CCCCCCCCCC)OC(=O)CCCCCCCCCCC)OC(=O)CCCCCCCCCCCCCCCCCC(C)C. The standard InChI is InChI=1S/C70H136O17P2/c1-6-9-12-15-18-21-22-23-28-31-35-39-44-49-54-68(73)81-60-66(87-70(75)56-51-46-41-36-32-29-26-24-25-27-30-34-37-42-47-52-63(4)5)62-85-89(78,79)83-58-64(71)57-82-88(76,77)84-61-65(59-80-67(72)53-48-43-38-20-17-14-11-8-3)86-69(74)55-50-45-40-33-19-16-13-10-7-2/h63-66,71H,6-62H2,1-5H3,(H,76,77)(H,78,79)/t64-,65+,66+/m0/s1. The molecule has 19 heteroatoms. The van der Waals surface area contributed by atoms with E-state index in [1.807, 2.05) is 0 Å². The summed E-state index contributed by atoms with van der Waals surface area (Å²) in [7, 11) is -9.89. The Morgan fingerprint density at radius 1 is 0.303 bits per heavy atom. The molecule has 0 aromatic heterocycles. The van der Waals surface area contributed by atoms with Gasteiger partial charge in [0.2, 0.25) is 0 Å². The highest BCUT2D eigenvalue weighted by atomic mass is 31.2. The molecule has 0 fully saturated rings. The van der Waals surface area contributed by atoms with Gasteiger partial charge in [0.25, 0.3) is 0 Å². The fourth-order valence-corrected chi connectivity index (χ4v) is 12.2. The average Bonchev–Trinajstić information content (AvgIpc) is 3.59. The Morgan fingerprint density at radius 2 is 0.517 bits per heavy atom. The van der Waals surface area contributed by atoms with Crippen LogP contribution in [0.4, 0.5) is 0 Å². The fraction of sp³-hybridized carbons (Fsp3) is 0.943. The van der Waals surface area contributed by atoms with Gasteiger partial charge in [-0.25, -0.2) is 9.13 Å². The third kappa shape index (κ3) is 64.6. The van der Waals surface area contributed by atoms with Crippen molar-refractivity contribution in [3.05, 3.63) is 0 Å². The predicted octanol–water partition coefficient (Wildman–Crippen LogP) is 20.1. The molecule has 0 aromatic rings. The summed E-state index contributed by atoms with van der Waals surface area (Å²) in [6.07, 6.45) is 50.0. The second kappa shape index (κ2) is 63.5. The lowest BCUT2D eigenvalue weighted by atomic mass is 10.0. The van der Waals surface area contributed by atoms with Crippen LogP contribution in [0, 0.1) is 5.92 Å². The van der Waals surface area contributed by atoms with Crippen LogP contribution in [0.25, 0.3) is 0 Å². The number of carbonyl (C=O) groups excluding carboxylic acids is 4. The zero-order chi connectivity index (χ0) is 65.6. The zero-order valence-electron chi connectivity index (χ0n) is 57.6. The number of rotatable bonds is 70. The van der Waals surface area contributed by atoms with Gasteiger partial charge in [-0.15, -0.1) is 0 Å². The average molecular weight is 1310 g/mol. The van der Waals surface area contributed by atoms with E-state index in [-0.39, 0.29) is 25.7 Å². The van der Waals surface area contributed by atoms with Crippen molar-refractivity contribution < 1.29 is 80.2 Å². The van der Waals surface area contributed by atoms with Crippen molar-refractivity contribution in [1.82, 2.24) is 0 Å². The van der Waals surface area contributed by atoms with Crippen LogP contribution in [0.5, 0.6) is 0 Å². The second-order valence-electron chi connectivity index (χ2n) is 25.7. The zero-order valence-corrected chi connectivity index (χ0v) is 59.4. The quantitative estimate of drug-likeness (QED) is 0.0222. The Kier molecular flexibility index (Phi) is 62.1. The van der Waals surface area contributed by atoms with Crippen LogP contribution in [0.3, 0.4) is 0 Å². The van der Waals surface area contributed by atoms with Crippen molar-refractivity contribution in [2.75, 3.05) is 39.6 Å². The lowest BCUT2D eigenvalue weighted by molar-refractivity contribution is -0.161. The molecule has 2 unspecified atom stereocenters. The molecule has 0 aliphatic rings. The minimum atomic E-state index is -4.95. The first kappa shape index (κ1) is 87.1. The van der Waals surface area contributed by atoms with Gasteiger partial charge in [0, 0.05) is 25.7 Å². The van der Waals surface area contributed by atoms with Crippen LogP contribution < -0.4 is 0 Å². The van der Waals surface area contributed by atoms with Gasteiger partial charge < -0.3 is 33.8 Å². The molecule has 0 rings (SSSR count). The summed E-state index contributed by atoms with van der Waals surface area (Å²) < 4.78 is 68.2. The molecule has 528 valence electrons. The highest BCUT2D eigenvalue weighted by Crippen LogP contribution is 2.45. The van der Waals surface area contributed by atoms with E-state index in [2.05, 4.69) is 34.6 Å². The number of aliphatic hydroxyl groups excluding tert-OH is 1. The Morgan fingerprint density at radius 3 is 0.764 bits per heavy atom. The van der Waals surface area contributed by atoms with Gasteiger partial charge in [0.05, 0.1) is 26.4 Å². The van der Waals surface area contributed by atoms with Crippen LogP contribution in [0.1, 0.15) is 362 Å². The maximum absolute atomic E-state index is 13.0. The summed E-state index contributed by atoms with van der Waals surface area (Å²) in [6, 6.07) is 0. The van der Waals surface area contributed by atoms with Crippen LogP contribution in [0.15, 0.2) is 0 Å². The molecule has 0 spiro atoms. The van der Waals surface area contributed by atoms with Crippen molar-refractivity contribution in [3.63, 3.8) is 0 Å². The number of aliphatic hydroxyl groups is 1. The van der Waals surface area contributed by atoms with E-state index < -0.39 is 97.5 Å². The molecular formula is C70H136O17P2. The number of carbonyl (C=O) groups is 4. The predicted molar refractivity (Wildman–Crippen MR) is 358 cm³/mol. The van der Waals surface area contributed by atoms with E-state index >= 15 is 0 Å². The molecular weight excluding hydrogens is 1170 g/mol. The number of unbranched alkanes of at least 4 members (excludes halogenated alkanes) is 42. The van der Waals surface area contributed by atoms with Crippen LogP contribution in [-0.4, -0.2) is 96.7 Å². The molecule has 5 atom stereocenters. The van der Waals surface area contributed by atoms with Crippen molar-refractivity contribution in [2.24, 2.45) is 5.92 Å². The summed E-state index contributed by atoms with van der Waals surface area (Å²) in [5.41, 5.74) is 0. The molecule has 0 saturated heterocycles. The summed E-state index contributed by atoms with van der Waals surface area (Å²) in [5, 5.41) is 10.6. The number of phosphoric acid groups is 2. The molecule has 0 heterocycles. The molecule has 89 heavy (non-hydrogen) atoms. The summed E-state index contributed by atoms with van der Waals surface area (Å²) in [5.74, 6) is -1.32. The van der Waals surface area contributed by atoms with Gasteiger partial charge in [-0.05, 0) is 31.6 Å². The molecule has 0 radical (unpaired) electrons. The van der Waals surface area contributed by atoms with E-state index in [0.717, 1.165) is 102 Å². The first-order valence-corrected chi connectivity index (χ1v) is 39.6.